The van der Waals surface area contributed by atoms with Crippen LogP contribution in [0.3, 0.4) is 0 Å². The smallest absolute Gasteiger partial charge is 0.296 e. The van der Waals surface area contributed by atoms with Crippen LogP contribution < -0.4 is 5.32 Å². The van der Waals surface area contributed by atoms with Gasteiger partial charge in [-0.05, 0) is 55.0 Å². The fraction of sp³-hybridized carbons (Fsp3) is 0.0417. The summed E-state index contributed by atoms with van der Waals surface area (Å²) in [6, 6.07) is 20.4. The molecule has 2 heterocycles. The number of Topliss-reactive ketones (excluding diaryl/α,β-unsaturated/α-hetero) is 1. The summed E-state index contributed by atoms with van der Waals surface area (Å²) in [6.07, 6.45) is 3.06. The molecule has 4 aromatic rings. The molecule has 6 heteroatoms. The second kappa shape index (κ2) is 8.13. The molecule has 1 N–H and O–H groups in total. The van der Waals surface area contributed by atoms with E-state index in [9.17, 15) is 14.0 Å². The van der Waals surface area contributed by atoms with E-state index < -0.39 is 11.7 Å². The van der Waals surface area contributed by atoms with Crippen molar-refractivity contribution in [2.45, 2.75) is 6.92 Å². The molecular weight excluding hydrogens is 381 g/mol. The van der Waals surface area contributed by atoms with Crippen LogP contribution in [0.15, 0.2) is 85.2 Å². The number of halogens is 1. The number of carbonyl (C=O) groups excluding carboxylic acids is 2. The first-order valence-electron chi connectivity index (χ1n) is 9.34. The highest BCUT2D eigenvalue weighted by molar-refractivity contribution is 6.47. The summed E-state index contributed by atoms with van der Waals surface area (Å²) < 4.78 is 15.3. The van der Waals surface area contributed by atoms with E-state index >= 15 is 0 Å². The van der Waals surface area contributed by atoms with Crippen molar-refractivity contribution < 1.29 is 14.0 Å². The van der Waals surface area contributed by atoms with Gasteiger partial charge < -0.3 is 9.88 Å². The third-order valence-electron chi connectivity index (χ3n) is 4.79. The number of amides is 1. The van der Waals surface area contributed by atoms with E-state index in [-0.39, 0.29) is 11.4 Å². The Labute approximate surface area is 172 Å². The number of ketones is 1. The topological polar surface area (TPSA) is 64.0 Å². The fourth-order valence-electron chi connectivity index (χ4n) is 3.33. The van der Waals surface area contributed by atoms with Gasteiger partial charge in [-0.15, -0.1) is 0 Å². The molecule has 0 fully saturated rings. The molecule has 2 aromatic heterocycles. The molecule has 2 aromatic carbocycles. The highest BCUT2D eigenvalue weighted by Crippen LogP contribution is 2.30. The van der Waals surface area contributed by atoms with Gasteiger partial charge in [0, 0.05) is 35.0 Å². The van der Waals surface area contributed by atoms with Gasteiger partial charge in [-0.2, -0.15) is 0 Å². The number of benzene rings is 2. The van der Waals surface area contributed by atoms with Crippen molar-refractivity contribution in [3.8, 4) is 16.9 Å². The first-order chi connectivity index (χ1) is 14.5. The summed E-state index contributed by atoms with van der Waals surface area (Å²) >= 11 is 0. The minimum atomic E-state index is -0.736. The Morgan fingerprint density at radius 1 is 0.933 bits per heavy atom. The molecule has 5 nitrogen and oxygen atoms in total. The molecule has 0 saturated heterocycles. The minimum Gasteiger partial charge on any atom is -0.319 e. The maximum Gasteiger partial charge on any atom is 0.296 e. The van der Waals surface area contributed by atoms with Crippen molar-refractivity contribution in [2.24, 2.45) is 0 Å². The van der Waals surface area contributed by atoms with Gasteiger partial charge in [-0.25, -0.2) is 4.39 Å². The van der Waals surface area contributed by atoms with Crippen molar-refractivity contribution in [1.29, 1.82) is 0 Å². The number of hydrogen-bond acceptors (Lipinski definition) is 3. The molecule has 148 valence electrons. The standard InChI is InChI=1S/C24H18FN3O2/c1-16-21(23(29)24(30)27-19-11-13-26-14-12-19)15-22(17-5-3-2-4-6-17)28(16)20-9-7-18(25)8-10-20/h2-15H,1H3,(H,26,27,30). The fourth-order valence-corrected chi connectivity index (χ4v) is 3.33. The Bertz CT molecular complexity index is 1200. The SMILES string of the molecule is Cc1c(C(=O)C(=O)Nc2ccncc2)cc(-c2ccccc2)n1-c1ccc(F)cc1. The number of nitrogens with one attached hydrogen (secondary N) is 1. The van der Waals surface area contributed by atoms with Crippen LogP contribution in [-0.4, -0.2) is 21.2 Å². The summed E-state index contributed by atoms with van der Waals surface area (Å²) in [6.45, 7) is 1.77. The van der Waals surface area contributed by atoms with Gasteiger partial charge in [0.25, 0.3) is 11.7 Å². The van der Waals surface area contributed by atoms with E-state index in [1.165, 1.54) is 24.5 Å². The highest BCUT2D eigenvalue weighted by Gasteiger charge is 2.24. The summed E-state index contributed by atoms with van der Waals surface area (Å²) in [5.41, 5.74) is 3.67. The number of hydrogen-bond donors (Lipinski definition) is 1. The zero-order valence-corrected chi connectivity index (χ0v) is 16.2. The van der Waals surface area contributed by atoms with E-state index in [0.29, 0.717) is 17.1 Å². The number of nitrogens with zero attached hydrogens (tertiary/aromatic N) is 2. The van der Waals surface area contributed by atoms with Gasteiger partial charge in [-0.3, -0.25) is 14.6 Å². The maximum absolute atomic E-state index is 13.5. The molecule has 0 radical (unpaired) electrons. The number of anilines is 1. The molecular formula is C24H18FN3O2. The second-order valence-corrected chi connectivity index (χ2v) is 6.73. The van der Waals surface area contributed by atoms with Crippen LogP contribution in [0, 0.1) is 12.7 Å². The van der Waals surface area contributed by atoms with Crippen LogP contribution in [0.4, 0.5) is 10.1 Å². The third kappa shape index (κ3) is 3.75. The van der Waals surface area contributed by atoms with E-state index in [0.717, 1.165) is 11.3 Å². The normalized spacial score (nSPS) is 10.6. The Balaban J connectivity index is 1.78. The third-order valence-corrected chi connectivity index (χ3v) is 4.79. The Hall–Kier alpha value is -4.06. The van der Waals surface area contributed by atoms with Gasteiger partial charge in [0.2, 0.25) is 0 Å². The van der Waals surface area contributed by atoms with E-state index in [1.807, 2.05) is 34.9 Å². The highest BCUT2D eigenvalue weighted by atomic mass is 19.1. The molecule has 0 spiro atoms. The lowest BCUT2D eigenvalue weighted by Crippen LogP contribution is -2.23. The molecule has 0 aliphatic rings. The molecule has 1 amide bonds. The van der Waals surface area contributed by atoms with Crippen LogP contribution >= 0.6 is 0 Å². The molecule has 4 rings (SSSR count). The van der Waals surface area contributed by atoms with E-state index in [4.69, 9.17) is 0 Å². The number of rotatable bonds is 5. The quantitative estimate of drug-likeness (QED) is 0.387. The zero-order chi connectivity index (χ0) is 21.1. The molecule has 0 aliphatic heterocycles. The summed E-state index contributed by atoms with van der Waals surface area (Å²) in [4.78, 5) is 29.4. The van der Waals surface area contributed by atoms with Crippen LogP contribution in [-0.2, 0) is 4.79 Å². The first kappa shape index (κ1) is 19.3. The predicted molar refractivity (Wildman–Crippen MR) is 113 cm³/mol. The van der Waals surface area contributed by atoms with Gasteiger partial charge in [0.15, 0.2) is 0 Å². The van der Waals surface area contributed by atoms with Gasteiger partial charge in [0.1, 0.15) is 5.82 Å². The number of carbonyl (C=O) groups is 2. The molecule has 0 saturated carbocycles. The van der Waals surface area contributed by atoms with Crippen LogP contribution in [0.1, 0.15) is 16.1 Å². The lowest BCUT2D eigenvalue weighted by Gasteiger charge is -2.12. The average Bonchev–Trinajstić information content (AvgIpc) is 3.12. The zero-order valence-electron chi connectivity index (χ0n) is 16.2. The van der Waals surface area contributed by atoms with E-state index in [2.05, 4.69) is 10.3 Å². The van der Waals surface area contributed by atoms with Crippen molar-refractivity contribution >= 4 is 17.4 Å². The number of pyridine rings is 1. The second-order valence-electron chi connectivity index (χ2n) is 6.73. The monoisotopic (exact) mass is 399 g/mol. The minimum absolute atomic E-state index is 0.282. The van der Waals surface area contributed by atoms with Gasteiger partial charge >= 0.3 is 0 Å². The number of aromatic nitrogens is 2. The lowest BCUT2D eigenvalue weighted by molar-refractivity contribution is -0.112. The first-order valence-corrected chi connectivity index (χ1v) is 9.34. The van der Waals surface area contributed by atoms with Crippen LogP contribution in [0.25, 0.3) is 16.9 Å². The molecule has 0 unspecified atom stereocenters. The molecule has 30 heavy (non-hydrogen) atoms. The van der Waals surface area contributed by atoms with Crippen molar-refractivity contribution in [1.82, 2.24) is 9.55 Å². The van der Waals surface area contributed by atoms with Gasteiger partial charge in [-0.1, -0.05) is 30.3 Å². The Kier molecular flexibility index (Phi) is 5.22. The Morgan fingerprint density at radius 2 is 1.60 bits per heavy atom. The van der Waals surface area contributed by atoms with Crippen molar-refractivity contribution in [3.05, 3.63) is 102 Å². The average molecular weight is 399 g/mol. The van der Waals surface area contributed by atoms with Gasteiger partial charge in [0.05, 0.1) is 5.69 Å². The predicted octanol–water partition coefficient (Wildman–Crippen LogP) is 4.81. The molecule has 0 aliphatic carbocycles. The molecule has 0 bridgehead atoms. The van der Waals surface area contributed by atoms with Crippen LogP contribution in [0.5, 0.6) is 0 Å². The summed E-state index contributed by atoms with van der Waals surface area (Å²) in [7, 11) is 0. The van der Waals surface area contributed by atoms with E-state index in [1.54, 1.807) is 37.3 Å². The maximum atomic E-state index is 13.5. The van der Waals surface area contributed by atoms with Crippen LogP contribution in [0.2, 0.25) is 0 Å². The Morgan fingerprint density at radius 3 is 2.27 bits per heavy atom. The van der Waals surface area contributed by atoms with Crippen molar-refractivity contribution in [2.75, 3.05) is 5.32 Å². The van der Waals surface area contributed by atoms with Crippen molar-refractivity contribution in [3.63, 3.8) is 0 Å². The largest absolute Gasteiger partial charge is 0.319 e. The summed E-state index contributed by atoms with van der Waals surface area (Å²) in [5.74, 6) is -1.74. The summed E-state index contributed by atoms with van der Waals surface area (Å²) in [5, 5.41) is 2.60. The lowest BCUT2D eigenvalue weighted by atomic mass is 10.1. The molecule has 0 atom stereocenters.